The number of hydrogen-bond donors (Lipinski definition) is 3. The highest BCUT2D eigenvalue weighted by atomic mass is 19.1. The van der Waals surface area contributed by atoms with Crippen molar-refractivity contribution in [1.82, 2.24) is 10.6 Å². The van der Waals surface area contributed by atoms with E-state index in [0.29, 0.717) is 11.1 Å². The van der Waals surface area contributed by atoms with E-state index < -0.39 is 23.8 Å². The quantitative estimate of drug-likeness (QED) is 0.328. The van der Waals surface area contributed by atoms with Crippen LogP contribution in [0, 0.1) is 17.0 Å². The summed E-state index contributed by atoms with van der Waals surface area (Å²) in [4.78, 5) is 12.9. The van der Waals surface area contributed by atoms with Gasteiger partial charge in [0.2, 0.25) is 0 Å². The van der Waals surface area contributed by atoms with E-state index in [1.165, 1.54) is 28.8 Å². The molecule has 0 aromatic heterocycles. The van der Waals surface area contributed by atoms with Crippen LogP contribution >= 0.6 is 0 Å². The number of halogens is 2. The maximum absolute atomic E-state index is 13.9. The summed E-state index contributed by atoms with van der Waals surface area (Å²) in [5.41, 5.74) is 4.90. The molecule has 3 aromatic rings. The smallest absolute Gasteiger partial charge is 0.251 e. The third kappa shape index (κ3) is 7.71. The van der Waals surface area contributed by atoms with E-state index in [-0.39, 0.29) is 30.3 Å². The van der Waals surface area contributed by atoms with Crippen LogP contribution in [0.25, 0.3) is 0 Å². The summed E-state index contributed by atoms with van der Waals surface area (Å²) in [6.45, 7) is 6.91. The van der Waals surface area contributed by atoms with E-state index in [1.54, 1.807) is 24.3 Å². The number of carbonyl (C=O) groups excluding carboxylic acids is 1. The van der Waals surface area contributed by atoms with Gasteiger partial charge in [-0.1, -0.05) is 57.2 Å². The molecule has 3 N–H and O–H groups in total. The normalized spacial score (nSPS) is 16.9. The van der Waals surface area contributed by atoms with Crippen molar-refractivity contribution in [2.45, 2.75) is 71.1 Å². The number of fused-ring (bicyclic) bond motifs is 1. The van der Waals surface area contributed by atoms with Gasteiger partial charge in [0.15, 0.2) is 0 Å². The summed E-state index contributed by atoms with van der Waals surface area (Å²) in [6, 6.07) is 18.1. The van der Waals surface area contributed by atoms with Gasteiger partial charge in [-0.05, 0) is 84.0 Å². The van der Waals surface area contributed by atoms with Crippen LogP contribution in [0.4, 0.5) is 8.78 Å². The van der Waals surface area contributed by atoms with Crippen LogP contribution in [0.15, 0.2) is 66.7 Å². The van der Waals surface area contributed by atoms with E-state index in [2.05, 4.69) is 49.6 Å². The molecule has 6 heteroatoms. The molecule has 0 radical (unpaired) electrons. The Morgan fingerprint density at radius 3 is 2.39 bits per heavy atom. The second-order valence-corrected chi connectivity index (χ2v) is 11.6. The van der Waals surface area contributed by atoms with E-state index in [0.717, 1.165) is 31.7 Å². The lowest BCUT2D eigenvalue weighted by Crippen LogP contribution is -2.49. The molecule has 0 heterocycles. The SMILES string of the molecule is CC(C)(C)Cc1ccc2c(c1)[C@@H](NC[C@H](O)[C@H](Cc1cc(F)cc(F)c1)NC(=O)c1ccccc1)CCC2. The molecule has 3 aromatic carbocycles. The molecule has 0 aliphatic heterocycles. The van der Waals surface area contributed by atoms with Crippen molar-refractivity contribution in [2.75, 3.05) is 6.54 Å². The van der Waals surface area contributed by atoms with Crippen molar-refractivity contribution in [3.63, 3.8) is 0 Å². The van der Waals surface area contributed by atoms with Crippen molar-refractivity contribution in [3.05, 3.63) is 106 Å². The molecule has 0 saturated heterocycles. The average Bonchev–Trinajstić information content (AvgIpc) is 2.85. The van der Waals surface area contributed by atoms with Crippen molar-refractivity contribution >= 4 is 5.91 Å². The monoisotopic (exact) mass is 520 g/mol. The topological polar surface area (TPSA) is 61.4 Å². The first-order valence-electron chi connectivity index (χ1n) is 13.4. The fourth-order valence-electron chi connectivity index (χ4n) is 5.30. The first-order chi connectivity index (χ1) is 18.1. The highest BCUT2D eigenvalue weighted by Crippen LogP contribution is 2.32. The number of benzene rings is 3. The Balaban J connectivity index is 1.50. The van der Waals surface area contributed by atoms with Crippen LogP contribution in [-0.4, -0.2) is 29.7 Å². The maximum Gasteiger partial charge on any atom is 0.251 e. The first-order valence-corrected chi connectivity index (χ1v) is 13.4. The number of aryl methyl sites for hydroxylation is 1. The minimum absolute atomic E-state index is 0.0883. The van der Waals surface area contributed by atoms with Crippen LogP contribution in [0.5, 0.6) is 0 Å². The van der Waals surface area contributed by atoms with Crippen LogP contribution in [0.2, 0.25) is 0 Å². The zero-order valence-corrected chi connectivity index (χ0v) is 22.4. The number of aliphatic hydroxyl groups excluding tert-OH is 1. The standard InChI is InChI=1S/C32H38F2N2O2/c1-32(2,3)19-21-12-13-23-10-7-11-28(27(23)16-21)35-20-30(37)29(17-22-14-25(33)18-26(34)15-22)36-31(38)24-8-5-4-6-9-24/h4-6,8-9,12-16,18,28-30,35,37H,7,10-11,17,19-20H2,1-3H3,(H,36,38)/t28-,29-,30-/m0/s1. The van der Waals surface area contributed by atoms with Gasteiger partial charge in [0.25, 0.3) is 5.91 Å². The minimum atomic E-state index is -0.975. The second-order valence-electron chi connectivity index (χ2n) is 11.6. The summed E-state index contributed by atoms with van der Waals surface area (Å²) in [7, 11) is 0. The van der Waals surface area contributed by atoms with Crippen LogP contribution in [0.3, 0.4) is 0 Å². The van der Waals surface area contributed by atoms with Crippen LogP contribution < -0.4 is 10.6 Å². The third-order valence-electron chi connectivity index (χ3n) is 7.03. The lowest BCUT2D eigenvalue weighted by molar-refractivity contribution is 0.0823. The fourth-order valence-corrected chi connectivity index (χ4v) is 5.30. The van der Waals surface area contributed by atoms with Crippen molar-refractivity contribution < 1.29 is 18.7 Å². The Hall–Kier alpha value is -3.09. The van der Waals surface area contributed by atoms with Gasteiger partial charge in [0.05, 0.1) is 12.1 Å². The first kappa shape index (κ1) is 27.9. The summed E-state index contributed by atoms with van der Waals surface area (Å²) >= 11 is 0. The van der Waals surface area contributed by atoms with Gasteiger partial charge in [-0.3, -0.25) is 4.79 Å². The molecule has 3 atom stereocenters. The van der Waals surface area contributed by atoms with Gasteiger partial charge in [-0.2, -0.15) is 0 Å². The number of carbonyl (C=O) groups is 1. The molecule has 1 amide bonds. The van der Waals surface area contributed by atoms with Gasteiger partial charge in [0, 0.05) is 24.2 Å². The Bertz CT molecular complexity index is 1220. The number of rotatable bonds is 9. The highest BCUT2D eigenvalue weighted by Gasteiger charge is 2.26. The fraction of sp³-hybridized carbons (Fsp3) is 0.406. The molecular formula is C32H38F2N2O2. The lowest BCUT2D eigenvalue weighted by Gasteiger charge is -2.31. The van der Waals surface area contributed by atoms with Crippen molar-refractivity contribution in [1.29, 1.82) is 0 Å². The molecule has 38 heavy (non-hydrogen) atoms. The Labute approximate surface area is 224 Å². The van der Waals surface area contributed by atoms with Crippen molar-refractivity contribution in [3.8, 4) is 0 Å². The number of aliphatic hydroxyl groups is 1. The van der Waals surface area contributed by atoms with E-state index in [9.17, 15) is 18.7 Å². The van der Waals surface area contributed by atoms with Crippen LogP contribution in [0.1, 0.15) is 72.3 Å². The average molecular weight is 521 g/mol. The molecule has 4 rings (SSSR count). The van der Waals surface area contributed by atoms with E-state index in [1.807, 2.05) is 6.07 Å². The molecule has 0 unspecified atom stereocenters. The molecule has 0 fully saturated rings. The summed E-state index contributed by atoms with van der Waals surface area (Å²) in [6.07, 6.45) is 3.13. The van der Waals surface area contributed by atoms with E-state index >= 15 is 0 Å². The van der Waals surface area contributed by atoms with Crippen molar-refractivity contribution in [2.24, 2.45) is 5.41 Å². The largest absolute Gasteiger partial charge is 0.390 e. The Morgan fingerprint density at radius 2 is 1.71 bits per heavy atom. The third-order valence-corrected chi connectivity index (χ3v) is 7.03. The van der Waals surface area contributed by atoms with Gasteiger partial charge < -0.3 is 15.7 Å². The Morgan fingerprint density at radius 1 is 1.00 bits per heavy atom. The van der Waals surface area contributed by atoms with Gasteiger partial charge in [-0.15, -0.1) is 0 Å². The molecule has 1 aliphatic rings. The molecule has 0 saturated carbocycles. The predicted molar refractivity (Wildman–Crippen MR) is 147 cm³/mol. The zero-order valence-electron chi connectivity index (χ0n) is 22.4. The van der Waals surface area contributed by atoms with Gasteiger partial charge in [0.1, 0.15) is 11.6 Å². The number of hydrogen-bond acceptors (Lipinski definition) is 3. The number of amides is 1. The van der Waals surface area contributed by atoms with Crippen LogP contribution in [-0.2, 0) is 19.3 Å². The molecule has 202 valence electrons. The molecular weight excluding hydrogens is 482 g/mol. The molecule has 0 spiro atoms. The molecule has 0 bridgehead atoms. The second kappa shape index (κ2) is 12.2. The highest BCUT2D eigenvalue weighted by molar-refractivity contribution is 5.94. The maximum atomic E-state index is 13.9. The summed E-state index contributed by atoms with van der Waals surface area (Å²) in [5.74, 6) is -1.72. The lowest BCUT2D eigenvalue weighted by atomic mass is 9.82. The van der Waals surface area contributed by atoms with E-state index in [4.69, 9.17) is 0 Å². The zero-order chi connectivity index (χ0) is 27.3. The Kier molecular flexibility index (Phi) is 8.95. The minimum Gasteiger partial charge on any atom is -0.390 e. The van der Waals surface area contributed by atoms with Gasteiger partial charge in [-0.25, -0.2) is 8.78 Å². The molecule has 1 aliphatic carbocycles. The molecule has 4 nitrogen and oxygen atoms in total. The summed E-state index contributed by atoms with van der Waals surface area (Å²) in [5, 5.41) is 17.6. The predicted octanol–water partition coefficient (Wildman–Crippen LogP) is 5.92. The van der Waals surface area contributed by atoms with Gasteiger partial charge >= 0.3 is 0 Å². The summed E-state index contributed by atoms with van der Waals surface area (Å²) < 4.78 is 27.7. The number of nitrogens with one attached hydrogen (secondary N) is 2.